The zero-order chi connectivity index (χ0) is 16.1. The maximum Gasteiger partial charge on any atom is 0.254 e. The summed E-state index contributed by atoms with van der Waals surface area (Å²) < 4.78 is 0. The fraction of sp³-hybridized carbons (Fsp3) is 0.353. The molecular weight excluding hydrogens is 278 g/mol. The van der Waals surface area contributed by atoms with Crippen molar-refractivity contribution in [2.45, 2.75) is 39.3 Å². The third kappa shape index (κ3) is 4.11. The smallest absolute Gasteiger partial charge is 0.254 e. The van der Waals surface area contributed by atoms with Crippen LogP contribution in [0.5, 0.6) is 0 Å². The quantitative estimate of drug-likeness (QED) is 0.888. The van der Waals surface area contributed by atoms with E-state index in [1.54, 1.807) is 13.8 Å². The summed E-state index contributed by atoms with van der Waals surface area (Å²) in [7, 11) is 0. The topological polar surface area (TPSA) is 75.1 Å². The predicted molar refractivity (Wildman–Crippen MR) is 84.5 cm³/mol. The summed E-state index contributed by atoms with van der Waals surface area (Å²) in [5.41, 5.74) is 1.96. The number of nitrogens with zero attached hydrogens (tertiary/aromatic N) is 2. The molecule has 2 N–H and O–H groups in total. The summed E-state index contributed by atoms with van der Waals surface area (Å²) in [5, 5.41) is 13.1. The molecule has 2 aromatic rings. The van der Waals surface area contributed by atoms with Crippen LogP contribution < -0.4 is 5.32 Å². The van der Waals surface area contributed by atoms with Gasteiger partial charge < -0.3 is 10.4 Å². The summed E-state index contributed by atoms with van der Waals surface area (Å²) in [6, 6.07) is 9.25. The number of aryl methyl sites for hydroxylation is 2. The van der Waals surface area contributed by atoms with Crippen LogP contribution in [0.25, 0.3) is 0 Å². The average molecular weight is 299 g/mol. The molecule has 2 atom stereocenters. The van der Waals surface area contributed by atoms with Crippen molar-refractivity contribution < 1.29 is 9.90 Å². The highest BCUT2D eigenvalue weighted by molar-refractivity contribution is 5.95. The molecule has 22 heavy (non-hydrogen) atoms. The van der Waals surface area contributed by atoms with Crippen LogP contribution in [0, 0.1) is 13.8 Å². The monoisotopic (exact) mass is 299 g/mol. The molecule has 116 valence electrons. The number of nitrogens with one attached hydrogen (secondary N) is 1. The second kappa shape index (κ2) is 7.13. The SMILES string of the molecule is Cc1ncc(C(=O)NC(C)CC(O)c2ccccc2)c(C)n1. The number of aromatic nitrogens is 2. The van der Waals surface area contributed by atoms with Gasteiger partial charge in [0, 0.05) is 12.2 Å². The molecule has 0 saturated carbocycles. The fourth-order valence-electron chi connectivity index (χ4n) is 2.31. The molecule has 1 aromatic carbocycles. The van der Waals surface area contributed by atoms with Gasteiger partial charge in [0.1, 0.15) is 5.82 Å². The number of carbonyl (C=O) groups is 1. The van der Waals surface area contributed by atoms with E-state index in [9.17, 15) is 9.90 Å². The van der Waals surface area contributed by atoms with Gasteiger partial charge in [-0.2, -0.15) is 0 Å². The number of hydrogen-bond donors (Lipinski definition) is 2. The van der Waals surface area contributed by atoms with Crippen molar-refractivity contribution in [3.63, 3.8) is 0 Å². The van der Waals surface area contributed by atoms with Gasteiger partial charge >= 0.3 is 0 Å². The van der Waals surface area contributed by atoms with Gasteiger partial charge in [-0.1, -0.05) is 30.3 Å². The van der Waals surface area contributed by atoms with Gasteiger partial charge in [0.15, 0.2) is 0 Å². The Hall–Kier alpha value is -2.27. The van der Waals surface area contributed by atoms with Gasteiger partial charge in [-0.25, -0.2) is 9.97 Å². The molecular formula is C17H21N3O2. The van der Waals surface area contributed by atoms with E-state index in [0.717, 1.165) is 5.56 Å². The third-order valence-corrected chi connectivity index (χ3v) is 3.48. The molecule has 1 heterocycles. The standard InChI is InChI=1S/C17H21N3O2/c1-11(9-16(21)14-7-5-4-6-8-14)19-17(22)15-10-18-13(3)20-12(15)2/h4-8,10-11,16,21H,9H2,1-3H3,(H,19,22). The van der Waals surface area contributed by atoms with Crippen molar-refractivity contribution >= 4 is 5.91 Å². The van der Waals surface area contributed by atoms with Gasteiger partial charge in [-0.3, -0.25) is 4.79 Å². The largest absolute Gasteiger partial charge is 0.388 e. The minimum atomic E-state index is -0.605. The first kappa shape index (κ1) is 16.1. The zero-order valence-electron chi connectivity index (χ0n) is 13.1. The molecule has 5 heteroatoms. The highest BCUT2D eigenvalue weighted by Gasteiger charge is 2.17. The van der Waals surface area contributed by atoms with Crippen molar-refractivity contribution in [2.75, 3.05) is 0 Å². The summed E-state index contributed by atoms with van der Waals surface area (Å²) in [5.74, 6) is 0.423. The van der Waals surface area contributed by atoms with Crippen LogP contribution in [0.3, 0.4) is 0 Å². The van der Waals surface area contributed by atoms with Crippen LogP contribution in [0.2, 0.25) is 0 Å². The van der Waals surface area contributed by atoms with Gasteiger partial charge in [0.25, 0.3) is 5.91 Å². The molecule has 0 radical (unpaired) electrons. The highest BCUT2D eigenvalue weighted by atomic mass is 16.3. The van der Waals surface area contributed by atoms with E-state index >= 15 is 0 Å². The van der Waals surface area contributed by atoms with Gasteiger partial charge in [-0.05, 0) is 32.8 Å². The first-order valence-electron chi connectivity index (χ1n) is 7.31. The molecule has 0 bridgehead atoms. The maximum absolute atomic E-state index is 12.2. The lowest BCUT2D eigenvalue weighted by Crippen LogP contribution is -2.34. The predicted octanol–water partition coefficient (Wildman–Crippen LogP) is 2.34. The minimum absolute atomic E-state index is 0.164. The van der Waals surface area contributed by atoms with E-state index in [2.05, 4.69) is 15.3 Å². The first-order chi connectivity index (χ1) is 10.5. The molecule has 0 spiro atoms. The number of carbonyl (C=O) groups excluding carboxylic acids is 1. The molecule has 0 aliphatic rings. The normalized spacial score (nSPS) is 13.5. The Morgan fingerprint density at radius 1 is 1.27 bits per heavy atom. The Morgan fingerprint density at radius 3 is 2.59 bits per heavy atom. The van der Waals surface area contributed by atoms with Gasteiger partial charge in [-0.15, -0.1) is 0 Å². The van der Waals surface area contributed by atoms with E-state index in [-0.39, 0.29) is 11.9 Å². The fourth-order valence-corrected chi connectivity index (χ4v) is 2.31. The molecule has 5 nitrogen and oxygen atoms in total. The average Bonchev–Trinajstić information content (AvgIpc) is 2.47. The van der Waals surface area contributed by atoms with Crippen LogP contribution >= 0.6 is 0 Å². The van der Waals surface area contributed by atoms with E-state index in [1.165, 1.54) is 6.20 Å². The Morgan fingerprint density at radius 2 is 1.95 bits per heavy atom. The second-order valence-electron chi connectivity index (χ2n) is 5.45. The molecule has 2 rings (SSSR count). The zero-order valence-corrected chi connectivity index (χ0v) is 13.1. The van der Waals surface area contributed by atoms with Crippen molar-refractivity contribution in [3.05, 3.63) is 59.2 Å². The summed E-state index contributed by atoms with van der Waals surface area (Å²) in [6.07, 6.45) is 1.38. The molecule has 0 aliphatic heterocycles. The number of benzene rings is 1. The minimum Gasteiger partial charge on any atom is -0.388 e. The highest BCUT2D eigenvalue weighted by Crippen LogP contribution is 2.18. The van der Waals surface area contributed by atoms with E-state index in [0.29, 0.717) is 23.5 Å². The first-order valence-corrected chi connectivity index (χ1v) is 7.31. The lowest BCUT2D eigenvalue weighted by atomic mass is 10.0. The van der Waals surface area contributed by atoms with E-state index in [4.69, 9.17) is 0 Å². The number of rotatable bonds is 5. The van der Waals surface area contributed by atoms with Gasteiger partial charge in [0.2, 0.25) is 0 Å². The lowest BCUT2D eigenvalue weighted by Gasteiger charge is -2.18. The van der Waals surface area contributed by atoms with Crippen molar-refractivity contribution in [2.24, 2.45) is 0 Å². The number of aliphatic hydroxyl groups excluding tert-OH is 1. The van der Waals surface area contributed by atoms with Crippen LogP contribution in [0.1, 0.15) is 46.9 Å². The molecule has 0 aliphatic carbocycles. The van der Waals surface area contributed by atoms with Crippen molar-refractivity contribution in [3.8, 4) is 0 Å². The molecule has 0 saturated heterocycles. The summed E-state index contributed by atoms with van der Waals surface area (Å²) in [4.78, 5) is 20.5. The maximum atomic E-state index is 12.2. The summed E-state index contributed by atoms with van der Waals surface area (Å²) >= 11 is 0. The number of hydrogen-bond acceptors (Lipinski definition) is 4. The molecule has 1 amide bonds. The Labute approximate surface area is 130 Å². The van der Waals surface area contributed by atoms with Crippen molar-refractivity contribution in [1.29, 1.82) is 0 Å². The van der Waals surface area contributed by atoms with Gasteiger partial charge in [0.05, 0.1) is 17.4 Å². The summed E-state index contributed by atoms with van der Waals surface area (Å²) in [6.45, 7) is 5.44. The van der Waals surface area contributed by atoms with Crippen LogP contribution in [0.4, 0.5) is 0 Å². The van der Waals surface area contributed by atoms with Crippen LogP contribution in [0.15, 0.2) is 36.5 Å². The Balaban J connectivity index is 1.96. The molecule has 2 unspecified atom stereocenters. The van der Waals surface area contributed by atoms with E-state index < -0.39 is 6.10 Å². The molecule has 1 aromatic heterocycles. The second-order valence-corrected chi connectivity index (χ2v) is 5.45. The molecule has 0 fully saturated rings. The van der Waals surface area contributed by atoms with Crippen LogP contribution in [-0.2, 0) is 0 Å². The lowest BCUT2D eigenvalue weighted by molar-refractivity contribution is 0.0915. The van der Waals surface area contributed by atoms with Crippen molar-refractivity contribution in [1.82, 2.24) is 15.3 Å². The van der Waals surface area contributed by atoms with Crippen LogP contribution in [-0.4, -0.2) is 27.0 Å². The van der Waals surface area contributed by atoms with E-state index in [1.807, 2.05) is 37.3 Å². The Bertz CT molecular complexity index is 644. The Kier molecular flexibility index (Phi) is 5.22. The number of aliphatic hydroxyl groups is 1. The third-order valence-electron chi connectivity index (χ3n) is 3.48. The number of amides is 1.